The van der Waals surface area contributed by atoms with E-state index in [1.54, 1.807) is 6.20 Å². The van der Waals surface area contributed by atoms with Gasteiger partial charge in [0.15, 0.2) is 0 Å². The quantitative estimate of drug-likeness (QED) is 0.848. The number of nitrogen functional groups attached to an aromatic ring is 1. The molecule has 2 N–H and O–H groups in total. The van der Waals surface area contributed by atoms with Crippen LogP contribution in [0.15, 0.2) is 28.9 Å². The van der Waals surface area contributed by atoms with Crippen molar-refractivity contribution in [3.8, 4) is 11.6 Å². The van der Waals surface area contributed by atoms with Crippen LogP contribution in [0.3, 0.4) is 0 Å². The van der Waals surface area contributed by atoms with Gasteiger partial charge in [-0.2, -0.15) is 0 Å². The van der Waals surface area contributed by atoms with Gasteiger partial charge in [0.2, 0.25) is 5.88 Å². The second kappa shape index (κ2) is 4.98. The third-order valence-corrected chi connectivity index (χ3v) is 3.63. The number of hydrogen-bond donors (Lipinski definition) is 1. The second-order valence-electron chi connectivity index (χ2n) is 4.35. The van der Waals surface area contributed by atoms with Gasteiger partial charge in [0, 0.05) is 28.5 Å². The number of aromatic nitrogens is 1. The minimum Gasteiger partial charge on any atom is -0.439 e. The SMILES string of the molecule is Cc1cc(C)c(Oc2cc(C)c(Br)cn2)cc1N. The molecule has 0 unspecified atom stereocenters. The van der Waals surface area contributed by atoms with E-state index in [1.165, 1.54) is 0 Å². The number of aryl methyl sites for hydroxylation is 3. The van der Waals surface area contributed by atoms with E-state index < -0.39 is 0 Å². The van der Waals surface area contributed by atoms with Crippen molar-refractivity contribution in [2.45, 2.75) is 20.8 Å². The minimum absolute atomic E-state index is 0.571. The average Bonchev–Trinajstić information content (AvgIpc) is 2.31. The maximum absolute atomic E-state index is 5.89. The molecule has 0 amide bonds. The predicted octanol–water partition coefficient (Wildman–Crippen LogP) is 4.14. The Morgan fingerprint density at radius 3 is 2.44 bits per heavy atom. The van der Waals surface area contributed by atoms with Crippen LogP contribution >= 0.6 is 15.9 Å². The van der Waals surface area contributed by atoms with Crippen molar-refractivity contribution in [2.24, 2.45) is 0 Å². The summed E-state index contributed by atoms with van der Waals surface area (Å²) in [6.45, 7) is 5.97. The van der Waals surface area contributed by atoms with Gasteiger partial charge in [-0.15, -0.1) is 0 Å². The Morgan fingerprint density at radius 1 is 1.06 bits per heavy atom. The van der Waals surface area contributed by atoms with Gasteiger partial charge in [-0.25, -0.2) is 4.98 Å². The average molecular weight is 307 g/mol. The lowest BCUT2D eigenvalue weighted by atomic mass is 10.1. The molecular formula is C14H15BrN2O. The summed E-state index contributed by atoms with van der Waals surface area (Å²) in [7, 11) is 0. The van der Waals surface area contributed by atoms with Gasteiger partial charge in [0.05, 0.1) is 0 Å². The van der Waals surface area contributed by atoms with Crippen LogP contribution in [0.1, 0.15) is 16.7 Å². The van der Waals surface area contributed by atoms with Gasteiger partial charge in [0.1, 0.15) is 5.75 Å². The van der Waals surface area contributed by atoms with Gasteiger partial charge >= 0.3 is 0 Å². The number of pyridine rings is 1. The summed E-state index contributed by atoms with van der Waals surface area (Å²) in [6, 6.07) is 5.74. The van der Waals surface area contributed by atoms with Crippen molar-refractivity contribution in [1.82, 2.24) is 4.98 Å². The van der Waals surface area contributed by atoms with Crippen LogP contribution < -0.4 is 10.5 Å². The standard InChI is InChI=1S/C14H15BrN2O/c1-8-5-14(17-7-11(8)15)18-13-6-12(16)9(2)4-10(13)3/h4-7H,16H2,1-3H3. The van der Waals surface area contributed by atoms with Crippen molar-refractivity contribution in [2.75, 3.05) is 5.73 Å². The van der Waals surface area contributed by atoms with Crippen molar-refractivity contribution in [3.05, 3.63) is 45.6 Å². The van der Waals surface area contributed by atoms with E-state index >= 15 is 0 Å². The number of anilines is 1. The van der Waals surface area contributed by atoms with Crippen molar-refractivity contribution in [1.29, 1.82) is 0 Å². The molecule has 1 aromatic carbocycles. The van der Waals surface area contributed by atoms with Crippen molar-refractivity contribution in [3.63, 3.8) is 0 Å². The summed E-state index contributed by atoms with van der Waals surface area (Å²) in [5.41, 5.74) is 9.80. The lowest BCUT2D eigenvalue weighted by Crippen LogP contribution is -1.95. The molecule has 0 bridgehead atoms. The second-order valence-corrected chi connectivity index (χ2v) is 5.20. The molecule has 0 aliphatic heterocycles. The summed E-state index contributed by atoms with van der Waals surface area (Å²) in [5, 5.41) is 0. The van der Waals surface area contributed by atoms with E-state index in [2.05, 4.69) is 20.9 Å². The minimum atomic E-state index is 0.571. The Morgan fingerprint density at radius 2 is 1.78 bits per heavy atom. The summed E-state index contributed by atoms with van der Waals surface area (Å²) in [4.78, 5) is 4.22. The van der Waals surface area contributed by atoms with Gasteiger partial charge in [0.25, 0.3) is 0 Å². The van der Waals surface area contributed by atoms with Gasteiger partial charge in [-0.3, -0.25) is 0 Å². The topological polar surface area (TPSA) is 48.1 Å². The van der Waals surface area contributed by atoms with Crippen molar-refractivity contribution >= 4 is 21.6 Å². The van der Waals surface area contributed by atoms with E-state index in [0.29, 0.717) is 5.88 Å². The lowest BCUT2D eigenvalue weighted by Gasteiger charge is -2.11. The first-order chi connectivity index (χ1) is 8.47. The Bertz CT molecular complexity index is 597. The number of nitrogens with zero attached hydrogens (tertiary/aromatic N) is 1. The molecule has 1 heterocycles. The molecule has 0 spiro atoms. The molecule has 0 aliphatic carbocycles. The van der Waals surface area contributed by atoms with Crippen LogP contribution in [-0.4, -0.2) is 4.98 Å². The molecule has 1 aromatic heterocycles. The number of halogens is 1. The third kappa shape index (κ3) is 2.64. The molecule has 2 aromatic rings. The fourth-order valence-corrected chi connectivity index (χ4v) is 1.86. The Kier molecular flexibility index (Phi) is 3.57. The first kappa shape index (κ1) is 12.9. The van der Waals surface area contributed by atoms with Gasteiger partial charge < -0.3 is 10.5 Å². The Balaban J connectivity index is 2.34. The number of hydrogen-bond acceptors (Lipinski definition) is 3. The maximum Gasteiger partial charge on any atom is 0.219 e. The van der Waals surface area contributed by atoms with Crippen LogP contribution in [-0.2, 0) is 0 Å². The smallest absolute Gasteiger partial charge is 0.219 e. The summed E-state index contributed by atoms with van der Waals surface area (Å²) in [5.74, 6) is 1.31. The number of ether oxygens (including phenoxy) is 1. The fourth-order valence-electron chi connectivity index (χ4n) is 1.64. The zero-order valence-electron chi connectivity index (χ0n) is 10.6. The van der Waals surface area contributed by atoms with Crippen LogP contribution in [0.5, 0.6) is 11.6 Å². The highest BCUT2D eigenvalue weighted by Gasteiger charge is 2.06. The maximum atomic E-state index is 5.89. The molecule has 0 radical (unpaired) electrons. The Labute approximate surface area is 115 Å². The first-order valence-corrected chi connectivity index (χ1v) is 6.43. The normalized spacial score (nSPS) is 10.4. The number of benzene rings is 1. The van der Waals surface area contributed by atoms with Crippen LogP contribution in [0.25, 0.3) is 0 Å². The van der Waals surface area contributed by atoms with E-state index in [4.69, 9.17) is 10.5 Å². The third-order valence-electron chi connectivity index (χ3n) is 2.80. The molecule has 0 saturated carbocycles. The molecule has 94 valence electrons. The Hall–Kier alpha value is -1.55. The van der Waals surface area contributed by atoms with Gasteiger partial charge in [-0.05, 0) is 53.4 Å². The highest BCUT2D eigenvalue weighted by molar-refractivity contribution is 9.10. The molecule has 2 rings (SSSR count). The largest absolute Gasteiger partial charge is 0.439 e. The molecule has 0 fully saturated rings. The number of nitrogens with two attached hydrogens (primary N) is 1. The highest BCUT2D eigenvalue weighted by Crippen LogP contribution is 2.29. The van der Waals surface area contributed by atoms with E-state index in [1.807, 2.05) is 39.0 Å². The molecule has 0 saturated heterocycles. The number of rotatable bonds is 2. The zero-order chi connectivity index (χ0) is 13.3. The molecular weight excluding hydrogens is 292 g/mol. The molecule has 4 heteroatoms. The lowest BCUT2D eigenvalue weighted by molar-refractivity contribution is 0.459. The van der Waals surface area contributed by atoms with E-state index in [9.17, 15) is 0 Å². The summed E-state index contributed by atoms with van der Waals surface area (Å²) < 4.78 is 6.74. The molecule has 0 atom stereocenters. The van der Waals surface area contributed by atoms with E-state index in [-0.39, 0.29) is 0 Å². The zero-order valence-corrected chi connectivity index (χ0v) is 12.2. The van der Waals surface area contributed by atoms with Gasteiger partial charge in [-0.1, -0.05) is 6.07 Å². The van der Waals surface area contributed by atoms with Crippen LogP contribution in [0.2, 0.25) is 0 Å². The fraction of sp³-hybridized carbons (Fsp3) is 0.214. The van der Waals surface area contributed by atoms with E-state index in [0.717, 1.165) is 32.6 Å². The molecule has 3 nitrogen and oxygen atoms in total. The molecule has 0 aliphatic rings. The van der Waals surface area contributed by atoms with Crippen LogP contribution in [0, 0.1) is 20.8 Å². The van der Waals surface area contributed by atoms with Crippen LogP contribution in [0.4, 0.5) is 5.69 Å². The summed E-state index contributed by atoms with van der Waals surface area (Å²) >= 11 is 3.41. The monoisotopic (exact) mass is 306 g/mol. The predicted molar refractivity (Wildman–Crippen MR) is 77.1 cm³/mol. The molecule has 18 heavy (non-hydrogen) atoms. The summed E-state index contributed by atoms with van der Waals surface area (Å²) in [6.07, 6.45) is 1.73. The van der Waals surface area contributed by atoms with Crippen molar-refractivity contribution < 1.29 is 4.74 Å². The first-order valence-electron chi connectivity index (χ1n) is 5.64. The highest BCUT2D eigenvalue weighted by atomic mass is 79.9.